The van der Waals surface area contributed by atoms with E-state index in [0.29, 0.717) is 58.0 Å². The van der Waals surface area contributed by atoms with Crippen LogP contribution in [0.2, 0.25) is 0 Å². The first-order valence-electron chi connectivity index (χ1n) is 20.9. The highest BCUT2D eigenvalue weighted by Gasteiger charge is 2.41. The minimum Gasteiger partial charge on any atom is -0.506 e. The summed E-state index contributed by atoms with van der Waals surface area (Å²) in [6.45, 7) is 6.96. The average molecular weight is 802 g/mol. The summed E-state index contributed by atoms with van der Waals surface area (Å²) in [5.74, 6) is 0.337. The van der Waals surface area contributed by atoms with Gasteiger partial charge in [0, 0.05) is 64.0 Å². The molecule has 15 heteroatoms. The van der Waals surface area contributed by atoms with Gasteiger partial charge in [-0.15, -0.1) is 0 Å². The van der Waals surface area contributed by atoms with Gasteiger partial charge >= 0.3 is 0 Å². The van der Waals surface area contributed by atoms with Gasteiger partial charge in [-0.1, -0.05) is 24.3 Å². The lowest BCUT2D eigenvalue weighted by molar-refractivity contribution is -0.154. The maximum atomic E-state index is 13.1. The van der Waals surface area contributed by atoms with Crippen molar-refractivity contribution in [2.45, 2.75) is 75.7 Å². The lowest BCUT2D eigenvalue weighted by Gasteiger charge is -2.47. The molecule has 5 aliphatic rings. The van der Waals surface area contributed by atoms with Crippen LogP contribution in [0.25, 0.3) is 0 Å². The molecule has 2 aliphatic carbocycles. The van der Waals surface area contributed by atoms with Gasteiger partial charge in [-0.05, 0) is 86.4 Å². The Kier molecular flexibility index (Phi) is 14.0. The number of ether oxygens (including phenoxy) is 3. The van der Waals surface area contributed by atoms with Crippen LogP contribution >= 0.6 is 0 Å². The molecular weight excluding hydrogens is 743 g/mol. The molecule has 2 saturated carbocycles. The van der Waals surface area contributed by atoms with Crippen molar-refractivity contribution in [1.82, 2.24) is 25.3 Å². The van der Waals surface area contributed by atoms with E-state index in [2.05, 4.69) is 45.1 Å². The molecular formula is C43H59N7O8. The molecule has 58 heavy (non-hydrogen) atoms. The number of aliphatic hydroxyl groups excluding tert-OH is 1. The number of phenols is 1. The fourth-order valence-electron chi connectivity index (χ4n) is 8.00. The molecule has 1 unspecified atom stereocenters. The number of hydrogen-bond acceptors (Lipinski definition) is 12. The van der Waals surface area contributed by atoms with Crippen molar-refractivity contribution in [2.75, 3.05) is 84.1 Å². The molecule has 3 aliphatic heterocycles. The highest BCUT2D eigenvalue weighted by molar-refractivity contribution is 6.41. The third kappa shape index (κ3) is 11.3. The van der Waals surface area contributed by atoms with E-state index in [1.165, 1.54) is 30.0 Å². The Morgan fingerprint density at radius 2 is 1.91 bits per heavy atom. The molecule has 3 amide bonds. The third-order valence-corrected chi connectivity index (χ3v) is 11.7. The van der Waals surface area contributed by atoms with Crippen LogP contribution in [0.3, 0.4) is 0 Å². The van der Waals surface area contributed by atoms with Gasteiger partial charge in [-0.25, -0.2) is 0 Å². The van der Waals surface area contributed by atoms with E-state index in [1.807, 2.05) is 4.90 Å². The molecule has 4 fully saturated rings. The molecule has 314 valence electrons. The van der Waals surface area contributed by atoms with E-state index < -0.39 is 6.10 Å². The SMILES string of the molecule is N=C(/C=C\NCC1CC1)C(=O)N1CCOC2(CCN(Cc3cccc(CCOCCC(=O)N(CCNCC(O)c4ccc(O)c5c4OCC(=O)N5)C4CC4)c3)CC2)C1. The van der Waals surface area contributed by atoms with Gasteiger partial charge in [0.2, 0.25) is 5.91 Å². The Morgan fingerprint density at radius 1 is 1.10 bits per heavy atom. The lowest BCUT2D eigenvalue weighted by Crippen LogP contribution is -2.58. The van der Waals surface area contributed by atoms with Crippen LogP contribution in [0, 0.1) is 11.3 Å². The largest absolute Gasteiger partial charge is 0.506 e. The first kappa shape index (κ1) is 41.6. The molecule has 7 rings (SSSR count). The van der Waals surface area contributed by atoms with Crippen molar-refractivity contribution in [3.05, 3.63) is 65.4 Å². The molecule has 2 aromatic carbocycles. The van der Waals surface area contributed by atoms with Crippen molar-refractivity contribution in [2.24, 2.45) is 5.92 Å². The number of rotatable bonds is 20. The quantitative estimate of drug-likeness (QED) is 0.0657. The van der Waals surface area contributed by atoms with Crippen molar-refractivity contribution in [3.63, 3.8) is 0 Å². The van der Waals surface area contributed by atoms with E-state index in [9.17, 15) is 24.6 Å². The molecule has 1 spiro atoms. The predicted octanol–water partition coefficient (Wildman–Crippen LogP) is 2.71. The van der Waals surface area contributed by atoms with Crippen molar-refractivity contribution in [1.29, 1.82) is 5.41 Å². The zero-order valence-corrected chi connectivity index (χ0v) is 33.4. The number of hydrogen-bond donors (Lipinski definition) is 6. The molecule has 0 aromatic heterocycles. The van der Waals surface area contributed by atoms with Crippen LogP contribution < -0.4 is 20.7 Å². The molecule has 2 saturated heterocycles. The highest BCUT2D eigenvalue weighted by atomic mass is 16.5. The minimum atomic E-state index is -0.932. The molecule has 3 heterocycles. The van der Waals surface area contributed by atoms with E-state index in [-0.39, 0.29) is 65.4 Å². The van der Waals surface area contributed by atoms with Crippen molar-refractivity contribution >= 4 is 29.1 Å². The number of carbonyl (C=O) groups excluding carboxylic acids is 3. The first-order valence-corrected chi connectivity index (χ1v) is 20.9. The summed E-state index contributed by atoms with van der Waals surface area (Å²) >= 11 is 0. The van der Waals surface area contributed by atoms with Gasteiger partial charge in [0.25, 0.3) is 11.8 Å². The molecule has 0 bridgehead atoms. The lowest BCUT2D eigenvalue weighted by atomic mass is 9.89. The predicted molar refractivity (Wildman–Crippen MR) is 218 cm³/mol. The number of morpholine rings is 1. The van der Waals surface area contributed by atoms with Gasteiger partial charge < -0.3 is 50.2 Å². The van der Waals surface area contributed by atoms with Gasteiger partial charge in [-0.2, -0.15) is 0 Å². The number of amides is 3. The summed E-state index contributed by atoms with van der Waals surface area (Å²) in [6, 6.07) is 11.8. The smallest absolute Gasteiger partial charge is 0.271 e. The van der Waals surface area contributed by atoms with Gasteiger partial charge in [-0.3, -0.25) is 24.7 Å². The molecule has 6 N–H and O–H groups in total. The van der Waals surface area contributed by atoms with E-state index in [4.69, 9.17) is 19.6 Å². The second-order valence-corrected chi connectivity index (χ2v) is 16.3. The zero-order valence-electron chi connectivity index (χ0n) is 33.4. The number of likely N-dealkylation sites (tertiary alicyclic amines) is 1. The van der Waals surface area contributed by atoms with Crippen LogP contribution in [0.1, 0.15) is 67.7 Å². The van der Waals surface area contributed by atoms with E-state index >= 15 is 0 Å². The Hall–Kier alpha value is -4.54. The van der Waals surface area contributed by atoms with Gasteiger partial charge in [0.15, 0.2) is 12.4 Å². The van der Waals surface area contributed by atoms with Crippen LogP contribution in [-0.4, -0.2) is 139 Å². The monoisotopic (exact) mass is 801 g/mol. The molecule has 0 radical (unpaired) electrons. The van der Waals surface area contributed by atoms with Gasteiger partial charge in [0.1, 0.15) is 17.1 Å². The van der Waals surface area contributed by atoms with Crippen molar-refractivity contribution in [3.8, 4) is 11.5 Å². The fraction of sp³-hybridized carbons (Fsp3) is 0.581. The van der Waals surface area contributed by atoms with E-state index in [1.54, 1.807) is 23.2 Å². The summed E-state index contributed by atoms with van der Waals surface area (Å²) in [5, 5.41) is 38.2. The number of aromatic hydroxyl groups is 1. The molecule has 2 aromatic rings. The maximum absolute atomic E-state index is 13.1. The normalized spacial score (nSPS) is 19.7. The Labute approximate surface area is 340 Å². The molecule has 15 nitrogen and oxygen atoms in total. The number of benzene rings is 2. The summed E-state index contributed by atoms with van der Waals surface area (Å²) in [4.78, 5) is 44.0. The highest BCUT2D eigenvalue weighted by Crippen LogP contribution is 2.41. The van der Waals surface area contributed by atoms with Gasteiger partial charge in [0.05, 0.1) is 44.5 Å². The maximum Gasteiger partial charge on any atom is 0.271 e. The number of aliphatic hydroxyl groups is 1. The van der Waals surface area contributed by atoms with Crippen LogP contribution in [0.5, 0.6) is 11.5 Å². The van der Waals surface area contributed by atoms with Crippen LogP contribution in [-0.2, 0) is 36.8 Å². The standard InChI is InChI=1S/C43H59N7O8/c44-35(10-15-45-25-31-4-5-31)42(55)49-20-23-58-43(29-49)13-17-48(18-14-43)27-32-3-1-2-30(24-32)11-21-56-22-12-39(54)50(33-6-7-33)19-16-46-26-37(52)34-8-9-36(51)40-41(34)57-28-38(53)47-40/h1-3,8-10,15,24,31,33,37,44-46,51-52H,4-7,11-14,16-23,25-29H2,(H,47,53)/b15-10-,44-35?. The number of nitrogens with zero attached hydrogens (tertiary/aromatic N) is 3. The minimum absolute atomic E-state index is 0.00878. The number of phenolic OH excluding ortho intramolecular Hbond substituents is 1. The van der Waals surface area contributed by atoms with Crippen LogP contribution in [0.15, 0.2) is 48.7 Å². The first-order chi connectivity index (χ1) is 28.2. The molecule has 1 atom stereocenters. The second-order valence-electron chi connectivity index (χ2n) is 16.3. The summed E-state index contributed by atoms with van der Waals surface area (Å²) < 4.78 is 17.7. The third-order valence-electron chi connectivity index (χ3n) is 11.7. The van der Waals surface area contributed by atoms with Crippen LogP contribution in [0.4, 0.5) is 5.69 Å². The Morgan fingerprint density at radius 3 is 2.71 bits per heavy atom. The fourth-order valence-corrected chi connectivity index (χ4v) is 8.00. The number of piperidine rings is 1. The summed E-state index contributed by atoms with van der Waals surface area (Å²) in [7, 11) is 0. The number of carbonyl (C=O) groups is 3. The number of nitrogens with one attached hydrogen (secondary N) is 4. The topological polar surface area (TPSA) is 189 Å². The summed E-state index contributed by atoms with van der Waals surface area (Å²) in [6.07, 6.45) is 9.61. The van der Waals surface area contributed by atoms with E-state index in [0.717, 1.165) is 64.2 Å². The van der Waals surface area contributed by atoms with Crippen molar-refractivity contribution < 1.29 is 38.8 Å². The second kappa shape index (κ2) is 19.5. The Bertz CT molecular complexity index is 1810. The number of anilines is 1. The average Bonchev–Trinajstić information content (AvgIpc) is 4.17. The number of fused-ring (bicyclic) bond motifs is 1. The summed E-state index contributed by atoms with van der Waals surface area (Å²) in [5.41, 5.74) is 2.71. The Balaban J connectivity index is 0.776. The zero-order chi connectivity index (χ0) is 40.5.